The van der Waals surface area contributed by atoms with E-state index in [1.165, 1.54) is 25.7 Å². The minimum Gasteiger partial charge on any atom is -0.396 e. The van der Waals surface area contributed by atoms with E-state index in [0.29, 0.717) is 0 Å². The fourth-order valence-corrected chi connectivity index (χ4v) is 3.18. The molecular weight excluding hydrogens is 150 g/mol. The topological polar surface area (TPSA) is 46.2 Å². The number of rotatable bonds is 3. The molecule has 2 nitrogen and oxygen atoms in total. The third-order valence-corrected chi connectivity index (χ3v) is 3.81. The minimum atomic E-state index is 0.259. The molecule has 3 N–H and O–H groups in total. The molecule has 2 bridgehead atoms. The second-order valence-electron chi connectivity index (χ2n) is 4.51. The summed E-state index contributed by atoms with van der Waals surface area (Å²) in [6.45, 7) is 0.259. The van der Waals surface area contributed by atoms with E-state index in [-0.39, 0.29) is 12.6 Å². The average molecular weight is 169 g/mol. The molecule has 2 saturated carbocycles. The van der Waals surface area contributed by atoms with Gasteiger partial charge < -0.3 is 10.8 Å². The van der Waals surface area contributed by atoms with Gasteiger partial charge in [-0.05, 0) is 43.4 Å². The maximum absolute atomic E-state index is 8.79. The van der Waals surface area contributed by atoms with Crippen molar-refractivity contribution in [3.05, 3.63) is 0 Å². The molecule has 2 aliphatic rings. The van der Waals surface area contributed by atoms with Crippen molar-refractivity contribution in [2.45, 2.75) is 38.1 Å². The van der Waals surface area contributed by atoms with E-state index in [9.17, 15) is 0 Å². The third kappa shape index (κ3) is 1.38. The summed E-state index contributed by atoms with van der Waals surface area (Å²) < 4.78 is 0. The molecule has 2 heteroatoms. The molecule has 70 valence electrons. The van der Waals surface area contributed by atoms with Crippen LogP contribution in [0.25, 0.3) is 0 Å². The average Bonchev–Trinajstić information content (AvgIpc) is 2.64. The van der Waals surface area contributed by atoms with Crippen LogP contribution in [0.15, 0.2) is 0 Å². The molecule has 0 aliphatic heterocycles. The van der Waals surface area contributed by atoms with Crippen molar-refractivity contribution in [1.82, 2.24) is 0 Å². The molecule has 0 aromatic rings. The molecule has 0 amide bonds. The van der Waals surface area contributed by atoms with Crippen LogP contribution in [0.4, 0.5) is 0 Å². The normalized spacial score (nSPS) is 42.0. The Morgan fingerprint density at radius 1 is 1.33 bits per heavy atom. The first-order valence-electron chi connectivity index (χ1n) is 5.17. The lowest BCUT2D eigenvalue weighted by Gasteiger charge is -2.27. The van der Waals surface area contributed by atoms with Gasteiger partial charge in [0.2, 0.25) is 0 Å². The first-order chi connectivity index (χ1) is 5.81. The van der Waals surface area contributed by atoms with Gasteiger partial charge in [0, 0.05) is 12.6 Å². The molecule has 0 aromatic carbocycles. The molecule has 4 unspecified atom stereocenters. The molecule has 2 fully saturated rings. The Kier molecular flexibility index (Phi) is 2.37. The van der Waals surface area contributed by atoms with Crippen LogP contribution in [-0.2, 0) is 0 Å². The fourth-order valence-electron chi connectivity index (χ4n) is 3.18. The van der Waals surface area contributed by atoms with Crippen molar-refractivity contribution in [3.63, 3.8) is 0 Å². The summed E-state index contributed by atoms with van der Waals surface area (Å²) in [7, 11) is 0. The number of fused-ring (bicyclic) bond motifs is 2. The van der Waals surface area contributed by atoms with E-state index in [1.54, 1.807) is 0 Å². The zero-order valence-corrected chi connectivity index (χ0v) is 7.58. The molecule has 12 heavy (non-hydrogen) atoms. The van der Waals surface area contributed by atoms with Gasteiger partial charge in [-0.3, -0.25) is 0 Å². The van der Waals surface area contributed by atoms with Crippen molar-refractivity contribution in [3.8, 4) is 0 Å². The molecular formula is C10H19NO. The van der Waals surface area contributed by atoms with E-state index in [4.69, 9.17) is 10.8 Å². The summed E-state index contributed by atoms with van der Waals surface area (Å²) in [4.78, 5) is 0. The minimum absolute atomic E-state index is 0.259. The largest absolute Gasteiger partial charge is 0.396 e. The van der Waals surface area contributed by atoms with E-state index >= 15 is 0 Å². The predicted molar refractivity (Wildman–Crippen MR) is 48.6 cm³/mol. The van der Waals surface area contributed by atoms with Crippen molar-refractivity contribution < 1.29 is 5.11 Å². The number of aliphatic hydroxyl groups is 1. The van der Waals surface area contributed by atoms with Gasteiger partial charge in [-0.15, -0.1) is 0 Å². The van der Waals surface area contributed by atoms with Crippen molar-refractivity contribution in [1.29, 1.82) is 0 Å². The van der Waals surface area contributed by atoms with Gasteiger partial charge in [-0.2, -0.15) is 0 Å². The van der Waals surface area contributed by atoms with Gasteiger partial charge >= 0.3 is 0 Å². The highest BCUT2D eigenvalue weighted by molar-refractivity contribution is 4.94. The second kappa shape index (κ2) is 3.35. The zero-order chi connectivity index (χ0) is 8.55. The Bertz CT molecular complexity index is 160. The second-order valence-corrected chi connectivity index (χ2v) is 4.51. The molecule has 2 rings (SSSR count). The van der Waals surface area contributed by atoms with Crippen LogP contribution >= 0.6 is 0 Å². The van der Waals surface area contributed by atoms with Crippen LogP contribution in [0.5, 0.6) is 0 Å². The van der Waals surface area contributed by atoms with Crippen LogP contribution < -0.4 is 5.73 Å². The van der Waals surface area contributed by atoms with Crippen LogP contribution in [0.2, 0.25) is 0 Å². The Hall–Kier alpha value is -0.0800. The lowest BCUT2D eigenvalue weighted by Crippen LogP contribution is -2.34. The van der Waals surface area contributed by atoms with Crippen LogP contribution in [0, 0.1) is 17.8 Å². The van der Waals surface area contributed by atoms with Gasteiger partial charge in [0.15, 0.2) is 0 Å². The quantitative estimate of drug-likeness (QED) is 0.665. The smallest absolute Gasteiger partial charge is 0.0445 e. The van der Waals surface area contributed by atoms with E-state index in [1.807, 2.05) is 0 Å². The van der Waals surface area contributed by atoms with Gasteiger partial charge in [-0.25, -0.2) is 0 Å². The summed E-state index contributed by atoms with van der Waals surface area (Å²) >= 11 is 0. The molecule has 0 radical (unpaired) electrons. The SMILES string of the molecule is NC(CCO)C1CC2CCC1C2. The molecule has 0 spiro atoms. The first-order valence-corrected chi connectivity index (χ1v) is 5.17. The van der Waals surface area contributed by atoms with E-state index < -0.39 is 0 Å². The molecule has 0 heterocycles. The van der Waals surface area contributed by atoms with Crippen molar-refractivity contribution >= 4 is 0 Å². The predicted octanol–water partition coefficient (Wildman–Crippen LogP) is 1.13. The van der Waals surface area contributed by atoms with Gasteiger partial charge in [-0.1, -0.05) is 6.42 Å². The van der Waals surface area contributed by atoms with Crippen LogP contribution in [0.3, 0.4) is 0 Å². The first kappa shape index (κ1) is 8.52. The van der Waals surface area contributed by atoms with E-state index in [0.717, 1.165) is 24.2 Å². The Labute approximate surface area is 74.1 Å². The van der Waals surface area contributed by atoms with Crippen molar-refractivity contribution in [2.75, 3.05) is 6.61 Å². The van der Waals surface area contributed by atoms with Crippen molar-refractivity contribution in [2.24, 2.45) is 23.5 Å². The summed E-state index contributed by atoms with van der Waals surface area (Å²) in [6.07, 6.45) is 6.39. The Balaban J connectivity index is 1.89. The number of nitrogens with two attached hydrogens (primary N) is 1. The monoisotopic (exact) mass is 169 g/mol. The number of aliphatic hydroxyl groups excluding tert-OH is 1. The lowest BCUT2D eigenvalue weighted by molar-refractivity contribution is 0.220. The van der Waals surface area contributed by atoms with Gasteiger partial charge in [0.25, 0.3) is 0 Å². The highest BCUT2D eigenvalue weighted by Gasteiger charge is 2.41. The number of hydrogen-bond donors (Lipinski definition) is 2. The van der Waals surface area contributed by atoms with Gasteiger partial charge in [0.1, 0.15) is 0 Å². The highest BCUT2D eigenvalue weighted by Crippen LogP contribution is 2.49. The molecule has 0 saturated heterocycles. The maximum atomic E-state index is 8.79. The summed E-state index contributed by atoms with van der Waals surface area (Å²) in [5, 5.41) is 8.79. The van der Waals surface area contributed by atoms with Crippen LogP contribution in [0.1, 0.15) is 32.1 Å². The Morgan fingerprint density at radius 2 is 2.17 bits per heavy atom. The Morgan fingerprint density at radius 3 is 2.67 bits per heavy atom. The molecule has 2 aliphatic carbocycles. The van der Waals surface area contributed by atoms with E-state index in [2.05, 4.69) is 0 Å². The maximum Gasteiger partial charge on any atom is 0.0445 e. The highest BCUT2D eigenvalue weighted by atomic mass is 16.3. The lowest BCUT2D eigenvalue weighted by atomic mass is 9.82. The fraction of sp³-hybridized carbons (Fsp3) is 1.00. The zero-order valence-electron chi connectivity index (χ0n) is 7.58. The molecule has 0 aromatic heterocycles. The van der Waals surface area contributed by atoms with Gasteiger partial charge in [0.05, 0.1) is 0 Å². The standard InChI is InChI=1S/C10H19NO/c11-10(3-4-12)9-6-7-1-2-8(9)5-7/h7-10,12H,1-6,11H2. The van der Waals surface area contributed by atoms with Crippen LogP contribution in [-0.4, -0.2) is 17.8 Å². The molecule has 4 atom stereocenters. The summed E-state index contributed by atoms with van der Waals surface area (Å²) in [5.41, 5.74) is 6.02. The third-order valence-electron chi connectivity index (χ3n) is 3.81. The summed E-state index contributed by atoms with van der Waals surface area (Å²) in [6, 6.07) is 0.269. The summed E-state index contributed by atoms with van der Waals surface area (Å²) in [5.74, 6) is 2.61. The number of hydrogen-bond acceptors (Lipinski definition) is 2.